The lowest BCUT2D eigenvalue weighted by molar-refractivity contribution is 0.0551. The molecule has 0 bridgehead atoms. The molecule has 0 radical (unpaired) electrons. The molecule has 0 saturated carbocycles. The molecule has 1 atom stereocenters. The van der Waals surface area contributed by atoms with Gasteiger partial charge in [-0.25, -0.2) is 0 Å². The van der Waals surface area contributed by atoms with Crippen molar-refractivity contribution in [2.75, 3.05) is 6.61 Å². The third kappa shape index (κ3) is 4.75. The molecule has 1 unspecified atom stereocenters. The molecule has 1 aromatic carbocycles. The topological polar surface area (TPSA) is 55.5 Å². The fourth-order valence-electron chi connectivity index (χ4n) is 1.55. The fourth-order valence-corrected chi connectivity index (χ4v) is 1.55. The van der Waals surface area contributed by atoms with Gasteiger partial charge in [-0.15, -0.1) is 0 Å². The number of hydrogen-bond donors (Lipinski definition) is 2. The minimum atomic E-state index is -0.693. The van der Waals surface area contributed by atoms with Gasteiger partial charge in [0.15, 0.2) is 0 Å². The van der Waals surface area contributed by atoms with Gasteiger partial charge in [0.1, 0.15) is 5.75 Å². The van der Waals surface area contributed by atoms with E-state index in [9.17, 15) is 5.11 Å². The van der Waals surface area contributed by atoms with Crippen LogP contribution in [0, 0.1) is 0 Å². The van der Waals surface area contributed by atoms with Crippen LogP contribution in [0.25, 0.3) is 0 Å². The molecule has 0 spiro atoms. The van der Waals surface area contributed by atoms with E-state index < -0.39 is 5.60 Å². The molecule has 3 N–H and O–H groups in total. The van der Waals surface area contributed by atoms with Gasteiger partial charge in [0.2, 0.25) is 0 Å². The zero-order chi connectivity index (χ0) is 12.9. The van der Waals surface area contributed by atoms with Crippen LogP contribution in [-0.2, 0) is 0 Å². The Morgan fingerprint density at radius 2 is 2.00 bits per heavy atom. The highest BCUT2D eigenvalue weighted by Gasteiger charge is 2.14. The van der Waals surface area contributed by atoms with E-state index in [1.807, 2.05) is 24.3 Å². The molecule has 0 aliphatic heterocycles. The number of rotatable bonds is 6. The summed E-state index contributed by atoms with van der Waals surface area (Å²) in [5.74, 6) is 0.825. The summed E-state index contributed by atoms with van der Waals surface area (Å²) < 4.78 is 5.70. The smallest absolute Gasteiger partial charge is 0.124 e. The van der Waals surface area contributed by atoms with Crippen LogP contribution >= 0.6 is 0 Å². The molecular weight excluding hydrogens is 214 g/mol. The van der Waals surface area contributed by atoms with Crippen molar-refractivity contribution in [3.8, 4) is 5.75 Å². The maximum Gasteiger partial charge on any atom is 0.124 e. The van der Waals surface area contributed by atoms with E-state index in [0.717, 1.165) is 17.7 Å². The third-order valence-corrected chi connectivity index (χ3v) is 2.73. The van der Waals surface area contributed by atoms with Crippen molar-refractivity contribution in [3.05, 3.63) is 29.8 Å². The van der Waals surface area contributed by atoms with Crippen molar-refractivity contribution in [2.45, 2.75) is 45.3 Å². The first-order chi connectivity index (χ1) is 7.94. The molecule has 0 fully saturated rings. The second-order valence-corrected chi connectivity index (χ2v) is 4.96. The maximum atomic E-state index is 9.62. The zero-order valence-corrected chi connectivity index (χ0v) is 10.9. The Kier molecular flexibility index (Phi) is 4.97. The van der Waals surface area contributed by atoms with Crippen LogP contribution in [0.15, 0.2) is 24.3 Å². The number of para-hydroxylation sites is 1. The average Bonchev–Trinajstić information content (AvgIpc) is 2.27. The van der Waals surface area contributed by atoms with Crippen molar-refractivity contribution in [1.29, 1.82) is 0 Å². The van der Waals surface area contributed by atoms with Gasteiger partial charge in [0.05, 0.1) is 12.2 Å². The average molecular weight is 237 g/mol. The van der Waals surface area contributed by atoms with Crippen molar-refractivity contribution < 1.29 is 9.84 Å². The quantitative estimate of drug-likeness (QED) is 0.799. The monoisotopic (exact) mass is 237 g/mol. The summed E-state index contributed by atoms with van der Waals surface area (Å²) in [5.41, 5.74) is 6.36. The summed E-state index contributed by atoms with van der Waals surface area (Å²) in [7, 11) is 0. The van der Waals surface area contributed by atoms with Gasteiger partial charge in [0.25, 0.3) is 0 Å². The summed E-state index contributed by atoms with van der Waals surface area (Å²) in [6.45, 7) is 6.11. The van der Waals surface area contributed by atoms with E-state index in [1.54, 1.807) is 13.8 Å². The van der Waals surface area contributed by atoms with E-state index in [1.165, 1.54) is 0 Å². The third-order valence-electron chi connectivity index (χ3n) is 2.73. The Bertz CT molecular complexity index is 344. The molecule has 3 heteroatoms. The van der Waals surface area contributed by atoms with Crippen molar-refractivity contribution >= 4 is 0 Å². The summed E-state index contributed by atoms with van der Waals surface area (Å²) in [4.78, 5) is 0. The van der Waals surface area contributed by atoms with Gasteiger partial charge in [-0.05, 0) is 26.3 Å². The first-order valence-electron chi connectivity index (χ1n) is 6.13. The molecule has 96 valence electrons. The first-order valence-corrected chi connectivity index (χ1v) is 6.13. The predicted octanol–water partition coefficient (Wildman–Crippen LogP) is 2.64. The van der Waals surface area contributed by atoms with Gasteiger partial charge in [-0.1, -0.05) is 25.1 Å². The minimum absolute atomic E-state index is 0.00772. The minimum Gasteiger partial charge on any atom is -0.493 e. The van der Waals surface area contributed by atoms with Gasteiger partial charge in [-0.3, -0.25) is 0 Å². The van der Waals surface area contributed by atoms with Crippen LogP contribution in [0.5, 0.6) is 5.75 Å². The lowest BCUT2D eigenvalue weighted by Gasteiger charge is -2.19. The van der Waals surface area contributed by atoms with E-state index in [2.05, 4.69) is 6.92 Å². The summed E-state index contributed by atoms with van der Waals surface area (Å²) in [5, 5.41) is 9.62. The summed E-state index contributed by atoms with van der Waals surface area (Å²) >= 11 is 0. The number of ether oxygens (including phenoxy) is 1. The Morgan fingerprint density at radius 1 is 1.35 bits per heavy atom. The van der Waals surface area contributed by atoms with Gasteiger partial charge >= 0.3 is 0 Å². The van der Waals surface area contributed by atoms with Crippen molar-refractivity contribution in [2.24, 2.45) is 5.73 Å². The van der Waals surface area contributed by atoms with Crippen LogP contribution in [0.4, 0.5) is 0 Å². The molecule has 0 amide bonds. The second kappa shape index (κ2) is 6.03. The van der Waals surface area contributed by atoms with Crippen molar-refractivity contribution in [3.63, 3.8) is 0 Å². The Labute approximate surface area is 104 Å². The van der Waals surface area contributed by atoms with Gasteiger partial charge in [0, 0.05) is 18.0 Å². The summed E-state index contributed by atoms with van der Waals surface area (Å²) in [6, 6.07) is 7.83. The number of benzene rings is 1. The molecule has 0 heterocycles. The van der Waals surface area contributed by atoms with Crippen molar-refractivity contribution in [1.82, 2.24) is 0 Å². The molecule has 17 heavy (non-hydrogen) atoms. The second-order valence-electron chi connectivity index (χ2n) is 4.96. The molecule has 3 nitrogen and oxygen atoms in total. The highest BCUT2D eigenvalue weighted by Crippen LogP contribution is 2.25. The molecular formula is C14H23NO2. The molecule has 0 aromatic heterocycles. The maximum absolute atomic E-state index is 9.62. The van der Waals surface area contributed by atoms with Crippen LogP contribution in [0.2, 0.25) is 0 Å². The molecule has 1 rings (SSSR count). The highest BCUT2D eigenvalue weighted by atomic mass is 16.5. The normalized spacial score (nSPS) is 13.5. The number of nitrogens with two attached hydrogens (primary N) is 1. The largest absolute Gasteiger partial charge is 0.493 e. The fraction of sp³-hybridized carbons (Fsp3) is 0.571. The molecule has 1 aromatic rings. The van der Waals surface area contributed by atoms with Crippen LogP contribution in [0.3, 0.4) is 0 Å². The SMILES string of the molecule is CCC(N)c1ccccc1OCCC(C)(C)O. The van der Waals surface area contributed by atoms with Crippen LogP contribution < -0.4 is 10.5 Å². The lowest BCUT2D eigenvalue weighted by atomic mass is 10.0. The summed E-state index contributed by atoms with van der Waals surface area (Å²) in [6.07, 6.45) is 1.48. The van der Waals surface area contributed by atoms with E-state index in [0.29, 0.717) is 13.0 Å². The zero-order valence-electron chi connectivity index (χ0n) is 10.9. The van der Waals surface area contributed by atoms with Gasteiger partial charge < -0.3 is 15.6 Å². The first kappa shape index (κ1) is 14.0. The number of aliphatic hydroxyl groups is 1. The lowest BCUT2D eigenvalue weighted by Crippen LogP contribution is -2.22. The highest BCUT2D eigenvalue weighted by molar-refractivity contribution is 5.35. The molecule has 0 aliphatic rings. The molecule has 0 aliphatic carbocycles. The van der Waals surface area contributed by atoms with Crippen LogP contribution in [-0.4, -0.2) is 17.3 Å². The van der Waals surface area contributed by atoms with E-state index in [-0.39, 0.29) is 6.04 Å². The van der Waals surface area contributed by atoms with Crippen LogP contribution in [0.1, 0.15) is 45.2 Å². The van der Waals surface area contributed by atoms with E-state index in [4.69, 9.17) is 10.5 Å². The Hall–Kier alpha value is -1.06. The predicted molar refractivity (Wildman–Crippen MR) is 70.1 cm³/mol. The Morgan fingerprint density at radius 3 is 2.59 bits per heavy atom. The van der Waals surface area contributed by atoms with E-state index >= 15 is 0 Å². The number of hydrogen-bond acceptors (Lipinski definition) is 3. The Balaban J connectivity index is 2.64. The standard InChI is InChI=1S/C14H23NO2/c1-4-12(15)11-7-5-6-8-13(11)17-10-9-14(2,3)16/h5-8,12,16H,4,9-10,15H2,1-3H3. The molecule has 0 saturated heterocycles. The van der Waals surface area contributed by atoms with Gasteiger partial charge in [-0.2, -0.15) is 0 Å².